The van der Waals surface area contributed by atoms with Crippen LogP contribution in [0.15, 0.2) is 41.9 Å². The van der Waals surface area contributed by atoms with Crippen LogP contribution < -0.4 is 0 Å². The van der Waals surface area contributed by atoms with Crippen molar-refractivity contribution in [1.82, 2.24) is 24.6 Å². The number of piperazine rings is 1. The number of benzene rings is 1. The van der Waals surface area contributed by atoms with E-state index in [1.165, 1.54) is 11.3 Å². The monoisotopic (exact) mass is 479 g/mol. The summed E-state index contributed by atoms with van der Waals surface area (Å²) in [4.78, 5) is 34.7. The quantitative estimate of drug-likeness (QED) is 0.507. The molecule has 8 heteroatoms. The first-order valence-electron chi connectivity index (χ1n) is 11.9. The molecule has 2 aromatic heterocycles. The van der Waals surface area contributed by atoms with Gasteiger partial charge in [0, 0.05) is 43.0 Å². The fraction of sp³-hybridized carbons (Fsp3) is 0.462. The third-order valence-electron chi connectivity index (χ3n) is 6.14. The van der Waals surface area contributed by atoms with Gasteiger partial charge in [-0.05, 0) is 18.8 Å². The number of nitrogens with zero attached hydrogens (tertiary/aromatic N) is 5. The van der Waals surface area contributed by atoms with Crippen molar-refractivity contribution < 1.29 is 9.59 Å². The molecule has 1 unspecified atom stereocenters. The summed E-state index contributed by atoms with van der Waals surface area (Å²) in [7, 11) is 0. The normalized spacial score (nSPS) is 16.5. The molecule has 1 fully saturated rings. The van der Waals surface area contributed by atoms with Gasteiger partial charge in [0.25, 0.3) is 5.91 Å². The first-order chi connectivity index (χ1) is 16.3. The zero-order chi connectivity index (χ0) is 24.4. The highest BCUT2D eigenvalue weighted by atomic mass is 32.1. The minimum Gasteiger partial charge on any atom is -0.336 e. The molecule has 1 atom stereocenters. The van der Waals surface area contributed by atoms with Crippen molar-refractivity contribution in [2.24, 2.45) is 5.92 Å². The second-order valence-corrected chi connectivity index (χ2v) is 10.5. The number of rotatable bonds is 6. The molecular formula is C26H33N5O2S. The van der Waals surface area contributed by atoms with Crippen LogP contribution in [0.3, 0.4) is 0 Å². The lowest BCUT2D eigenvalue weighted by molar-refractivity contribution is -0.136. The van der Waals surface area contributed by atoms with Gasteiger partial charge in [0.05, 0.1) is 23.1 Å². The van der Waals surface area contributed by atoms with Crippen LogP contribution in [-0.2, 0) is 4.79 Å². The van der Waals surface area contributed by atoms with E-state index in [2.05, 4.69) is 32.8 Å². The molecule has 0 aliphatic carbocycles. The lowest BCUT2D eigenvalue weighted by Crippen LogP contribution is -2.55. The van der Waals surface area contributed by atoms with Gasteiger partial charge in [-0.3, -0.25) is 9.59 Å². The summed E-state index contributed by atoms with van der Waals surface area (Å²) >= 11 is 1.52. The summed E-state index contributed by atoms with van der Waals surface area (Å²) in [5.74, 6) is 0.560. The van der Waals surface area contributed by atoms with E-state index in [0.717, 1.165) is 22.1 Å². The van der Waals surface area contributed by atoms with E-state index in [1.54, 1.807) is 10.9 Å². The van der Waals surface area contributed by atoms with Gasteiger partial charge in [-0.2, -0.15) is 5.10 Å². The van der Waals surface area contributed by atoms with Crippen molar-refractivity contribution in [3.8, 4) is 16.4 Å². The molecule has 2 amide bonds. The molecule has 0 saturated carbocycles. The fourth-order valence-corrected chi connectivity index (χ4v) is 5.29. The second kappa shape index (κ2) is 10.1. The Morgan fingerprint density at radius 3 is 2.50 bits per heavy atom. The van der Waals surface area contributed by atoms with Gasteiger partial charge in [-0.15, -0.1) is 11.3 Å². The summed E-state index contributed by atoms with van der Waals surface area (Å²) < 4.78 is 1.81. The SMILES string of the molecule is CC(C)CC(=O)N1CCN(C(=O)c2cnn(-c3nc(-c4ccccc4)cs3)c2C(C)C)CC1C. The zero-order valence-corrected chi connectivity index (χ0v) is 21.4. The summed E-state index contributed by atoms with van der Waals surface area (Å²) in [5, 5.41) is 7.35. The van der Waals surface area contributed by atoms with Gasteiger partial charge in [0.15, 0.2) is 0 Å². The number of amides is 2. The Bertz CT molecular complexity index is 1150. The molecule has 0 spiro atoms. The van der Waals surface area contributed by atoms with E-state index in [-0.39, 0.29) is 23.8 Å². The lowest BCUT2D eigenvalue weighted by atomic mass is 10.0. The van der Waals surface area contributed by atoms with Gasteiger partial charge >= 0.3 is 0 Å². The third-order valence-corrected chi connectivity index (χ3v) is 6.96. The minimum atomic E-state index is -0.0300. The molecule has 7 nitrogen and oxygen atoms in total. The van der Waals surface area contributed by atoms with Crippen LogP contribution in [0.25, 0.3) is 16.4 Å². The maximum atomic E-state index is 13.5. The van der Waals surface area contributed by atoms with E-state index < -0.39 is 0 Å². The zero-order valence-electron chi connectivity index (χ0n) is 20.6. The average Bonchev–Trinajstić information content (AvgIpc) is 3.46. The van der Waals surface area contributed by atoms with Crippen molar-refractivity contribution in [3.63, 3.8) is 0 Å². The predicted octanol–water partition coefficient (Wildman–Crippen LogP) is 4.84. The Labute approximate surface area is 205 Å². The van der Waals surface area contributed by atoms with Crippen LogP contribution in [0.1, 0.15) is 63.0 Å². The number of carbonyl (C=O) groups is 2. The molecule has 0 N–H and O–H groups in total. The van der Waals surface area contributed by atoms with Crippen molar-refractivity contribution in [3.05, 3.63) is 53.2 Å². The number of aromatic nitrogens is 3. The topological polar surface area (TPSA) is 71.3 Å². The highest BCUT2D eigenvalue weighted by Crippen LogP contribution is 2.29. The standard InChI is InChI=1S/C26H33N5O2S/c1-17(2)13-23(32)30-12-11-29(15-19(30)5)25(33)21-14-27-31(24(21)18(3)4)26-28-22(16-34-26)20-9-7-6-8-10-20/h6-10,14,16-19H,11-13,15H2,1-5H3. The van der Waals surface area contributed by atoms with Crippen molar-refractivity contribution in [2.75, 3.05) is 19.6 Å². The molecule has 1 saturated heterocycles. The van der Waals surface area contributed by atoms with Crippen LogP contribution in [0.2, 0.25) is 0 Å². The Morgan fingerprint density at radius 1 is 1.12 bits per heavy atom. The maximum Gasteiger partial charge on any atom is 0.257 e. The molecule has 180 valence electrons. The van der Waals surface area contributed by atoms with Crippen molar-refractivity contribution in [1.29, 1.82) is 0 Å². The van der Waals surface area contributed by atoms with Gasteiger partial charge in [0.2, 0.25) is 11.0 Å². The molecule has 1 aliphatic heterocycles. The Kier molecular flexibility index (Phi) is 7.16. The van der Waals surface area contributed by atoms with Gasteiger partial charge in [0.1, 0.15) is 0 Å². The molecule has 1 aromatic carbocycles. The minimum absolute atomic E-state index is 0.00566. The highest BCUT2D eigenvalue weighted by Gasteiger charge is 2.32. The van der Waals surface area contributed by atoms with Gasteiger partial charge in [-0.25, -0.2) is 9.67 Å². The first-order valence-corrected chi connectivity index (χ1v) is 12.8. The average molecular weight is 480 g/mol. The van der Waals surface area contributed by atoms with Crippen molar-refractivity contribution in [2.45, 2.75) is 53.0 Å². The van der Waals surface area contributed by atoms with Crippen LogP contribution in [0, 0.1) is 5.92 Å². The second-order valence-electron chi connectivity index (χ2n) is 9.68. The molecule has 3 heterocycles. The van der Waals surface area contributed by atoms with Gasteiger partial charge in [-0.1, -0.05) is 58.0 Å². The summed E-state index contributed by atoms with van der Waals surface area (Å²) in [5.41, 5.74) is 3.43. The molecule has 0 radical (unpaired) electrons. The predicted molar refractivity (Wildman–Crippen MR) is 135 cm³/mol. The number of hydrogen-bond donors (Lipinski definition) is 0. The van der Waals surface area contributed by atoms with E-state index in [0.29, 0.717) is 37.5 Å². The molecule has 3 aromatic rings. The lowest BCUT2D eigenvalue weighted by Gasteiger charge is -2.40. The number of carbonyl (C=O) groups excluding carboxylic acids is 2. The Balaban J connectivity index is 1.55. The summed E-state index contributed by atoms with van der Waals surface area (Å²) in [6.45, 7) is 11.9. The smallest absolute Gasteiger partial charge is 0.257 e. The number of hydrogen-bond acceptors (Lipinski definition) is 5. The molecule has 1 aliphatic rings. The van der Waals surface area contributed by atoms with E-state index >= 15 is 0 Å². The van der Waals surface area contributed by atoms with E-state index in [1.807, 2.05) is 52.4 Å². The highest BCUT2D eigenvalue weighted by molar-refractivity contribution is 7.12. The van der Waals surface area contributed by atoms with E-state index in [4.69, 9.17) is 4.98 Å². The number of thiazole rings is 1. The molecule has 0 bridgehead atoms. The summed E-state index contributed by atoms with van der Waals surface area (Å²) in [6.07, 6.45) is 2.21. The molecular weight excluding hydrogens is 446 g/mol. The van der Waals surface area contributed by atoms with Crippen molar-refractivity contribution >= 4 is 23.2 Å². The third kappa shape index (κ3) is 4.92. The summed E-state index contributed by atoms with van der Waals surface area (Å²) in [6, 6.07) is 10.0. The van der Waals surface area contributed by atoms with E-state index in [9.17, 15) is 9.59 Å². The molecule has 34 heavy (non-hydrogen) atoms. The maximum absolute atomic E-state index is 13.5. The first kappa shape index (κ1) is 24.1. The Morgan fingerprint density at radius 2 is 1.85 bits per heavy atom. The van der Waals surface area contributed by atoms with Gasteiger partial charge < -0.3 is 9.80 Å². The van der Waals surface area contributed by atoms with Crippen LogP contribution in [-0.4, -0.2) is 62.1 Å². The van der Waals surface area contributed by atoms with Crippen LogP contribution >= 0.6 is 11.3 Å². The van der Waals surface area contributed by atoms with Crippen LogP contribution in [0.5, 0.6) is 0 Å². The van der Waals surface area contributed by atoms with Crippen LogP contribution in [0.4, 0.5) is 0 Å². The fourth-order valence-electron chi connectivity index (χ4n) is 4.48. The molecule has 4 rings (SSSR count). The largest absolute Gasteiger partial charge is 0.336 e. The Hall–Kier alpha value is -3.00.